The number of esters is 1. The highest BCUT2D eigenvalue weighted by Crippen LogP contribution is 2.28. The molecule has 0 aromatic heterocycles. The van der Waals surface area contributed by atoms with E-state index in [1.54, 1.807) is 18.2 Å². The smallest absolute Gasteiger partial charge is 0.338 e. The molecule has 0 bridgehead atoms. The van der Waals surface area contributed by atoms with Gasteiger partial charge in [0.2, 0.25) is 0 Å². The zero-order chi connectivity index (χ0) is 17.6. The van der Waals surface area contributed by atoms with Crippen LogP contribution in [0.15, 0.2) is 73.3 Å². The van der Waals surface area contributed by atoms with Crippen molar-refractivity contribution in [3.8, 4) is 5.75 Å². The summed E-state index contributed by atoms with van der Waals surface area (Å²) in [6.45, 7) is 4.06. The van der Waals surface area contributed by atoms with Gasteiger partial charge in [-0.25, -0.2) is 4.79 Å². The van der Waals surface area contributed by atoms with Crippen LogP contribution in [-0.4, -0.2) is 12.6 Å². The van der Waals surface area contributed by atoms with E-state index in [4.69, 9.17) is 21.1 Å². The molecule has 0 atom stereocenters. The molecule has 126 valence electrons. The quantitative estimate of drug-likeness (QED) is 0.439. The van der Waals surface area contributed by atoms with Crippen molar-refractivity contribution in [2.24, 2.45) is 0 Å². The third-order valence-electron chi connectivity index (χ3n) is 3.76. The second-order valence-corrected chi connectivity index (χ2v) is 5.87. The van der Waals surface area contributed by atoms with E-state index >= 15 is 0 Å². The number of carbonyl (C=O) groups excluding carboxylic acids is 1. The number of carbonyl (C=O) groups is 1. The lowest BCUT2D eigenvalue weighted by Crippen LogP contribution is -2.05. The number of hydrogen-bond donors (Lipinski definition) is 0. The second-order valence-electron chi connectivity index (χ2n) is 5.46. The number of halogens is 1. The molecule has 0 fully saturated rings. The molecule has 3 rings (SSSR count). The van der Waals surface area contributed by atoms with Crippen LogP contribution in [-0.2, 0) is 11.3 Å². The van der Waals surface area contributed by atoms with Crippen molar-refractivity contribution < 1.29 is 14.3 Å². The normalized spacial score (nSPS) is 10.4. The Labute approximate surface area is 151 Å². The van der Waals surface area contributed by atoms with Gasteiger partial charge in [-0.15, -0.1) is 0 Å². The Morgan fingerprint density at radius 3 is 2.68 bits per heavy atom. The van der Waals surface area contributed by atoms with E-state index in [2.05, 4.69) is 24.8 Å². The minimum Gasteiger partial charge on any atom is -0.487 e. The van der Waals surface area contributed by atoms with Gasteiger partial charge in [-0.1, -0.05) is 66.7 Å². The van der Waals surface area contributed by atoms with Crippen molar-refractivity contribution >= 4 is 28.3 Å². The fourth-order valence-corrected chi connectivity index (χ4v) is 2.77. The Kier molecular flexibility index (Phi) is 5.36. The lowest BCUT2D eigenvalue weighted by molar-refractivity contribution is 0.0549. The largest absolute Gasteiger partial charge is 0.487 e. The lowest BCUT2D eigenvalue weighted by atomic mass is 10.1. The van der Waals surface area contributed by atoms with Gasteiger partial charge < -0.3 is 9.47 Å². The van der Waals surface area contributed by atoms with E-state index in [0.717, 1.165) is 16.3 Å². The maximum Gasteiger partial charge on any atom is 0.338 e. The standard InChI is InChI=1S/C21H17ClO3/c1-2-12-24-21(23)16-10-11-20(19(22)13-16)25-14-17-8-5-7-15-6-3-4-9-18(15)17/h2-11,13H,1,12,14H2. The topological polar surface area (TPSA) is 35.5 Å². The molecule has 0 unspecified atom stereocenters. The Morgan fingerprint density at radius 2 is 1.88 bits per heavy atom. The molecule has 3 aromatic carbocycles. The fraction of sp³-hybridized carbons (Fsp3) is 0.0952. The molecule has 0 aliphatic rings. The van der Waals surface area contributed by atoms with E-state index in [9.17, 15) is 4.79 Å². The second kappa shape index (κ2) is 7.86. The van der Waals surface area contributed by atoms with E-state index in [1.165, 1.54) is 6.08 Å². The van der Waals surface area contributed by atoms with Crippen LogP contribution in [0.25, 0.3) is 10.8 Å². The molecule has 0 heterocycles. The Balaban J connectivity index is 1.75. The number of benzene rings is 3. The molecule has 0 spiro atoms. The SMILES string of the molecule is C=CCOC(=O)c1ccc(OCc2cccc3ccccc23)c(Cl)c1. The average Bonchev–Trinajstić information content (AvgIpc) is 2.65. The minimum atomic E-state index is -0.442. The van der Waals surface area contributed by atoms with Crippen molar-refractivity contribution in [1.29, 1.82) is 0 Å². The van der Waals surface area contributed by atoms with Crippen LogP contribution in [0.2, 0.25) is 5.02 Å². The summed E-state index contributed by atoms with van der Waals surface area (Å²) in [5.41, 5.74) is 1.45. The van der Waals surface area contributed by atoms with Crippen LogP contribution in [0, 0.1) is 0 Å². The first-order valence-electron chi connectivity index (χ1n) is 7.86. The molecule has 3 nitrogen and oxygen atoms in total. The maximum atomic E-state index is 11.8. The number of rotatable bonds is 6. The van der Waals surface area contributed by atoms with Gasteiger partial charge in [0.1, 0.15) is 19.0 Å². The summed E-state index contributed by atoms with van der Waals surface area (Å²) in [4.78, 5) is 11.8. The summed E-state index contributed by atoms with van der Waals surface area (Å²) in [6, 6.07) is 19.1. The third kappa shape index (κ3) is 4.01. The summed E-state index contributed by atoms with van der Waals surface area (Å²) in [6.07, 6.45) is 1.52. The average molecular weight is 353 g/mol. The molecule has 3 aromatic rings. The first-order valence-corrected chi connectivity index (χ1v) is 8.24. The van der Waals surface area contributed by atoms with Crippen LogP contribution in [0.1, 0.15) is 15.9 Å². The minimum absolute atomic E-state index is 0.162. The van der Waals surface area contributed by atoms with Gasteiger partial charge in [0.05, 0.1) is 10.6 Å². The van der Waals surface area contributed by atoms with Crippen LogP contribution in [0.4, 0.5) is 0 Å². The van der Waals surface area contributed by atoms with E-state index in [-0.39, 0.29) is 6.61 Å². The van der Waals surface area contributed by atoms with Crippen molar-refractivity contribution in [3.05, 3.63) is 89.5 Å². The van der Waals surface area contributed by atoms with Gasteiger partial charge in [0, 0.05) is 0 Å². The van der Waals surface area contributed by atoms with Crippen molar-refractivity contribution in [2.45, 2.75) is 6.61 Å². The number of fused-ring (bicyclic) bond motifs is 1. The summed E-state index contributed by atoms with van der Waals surface area (Å²) in [5.74, 6) is 0.0808. The van der Waals surface area contributed by atoms with Gasteiger partial charge in [-0.3, -0.25) is 0 Å². The maximum absolute atomic E-state index is 11.8. The summed E-state index contributed by atoms with van der Waals surface area (Å²) in [5, 5.41) is 2.68. The molecule has 0 aliphatic carbocycles. The van der Waals surface area contributed by atoms with Crippen LogP contribution in [0.5, 0.6) is 5.75 Å². The first kappa shape index (κ1) is 17.1. The lowest BCUT2D eigenvalue weighted by Gasteiger charge is -2.11. The molecule has 0 saturated heterocycles. The predicted octanol–water partition coefficient (Wildman–Crippen LogP) is 5.42. The van der Waals surface area contributed by atoms with Gasteiger partial charge in [0.15, 0.2) is 0 Å². The van der Waals surface area contributed by atoms with Gasteiger partial charge in [0.25, 0.3) is 0 Å². The van der Waals surface area contributed by atoms with E-state index < -0.39 is 5.97 Å². The fourth-order valence-electron chi connectivity index (χ4n) is 2.54. The summed E-state index contributed by atoms with van der Waals surface area (Å²) in [7, 11) is 0. The number of hydrogen-bond acceptors (Lipinski definition) is 3. The number of ether oxygens (including phenoxy) is 2. The van der Waals surface area contributed by atoms with Gasteiger partial charge in [-0.2, -0.15) is 0 Å². The molecule has 0 amide bonds. The van der Waals surface area contributed by atoms with Crippen molar-refractivity contribution in [1.82, 2.24) is 0 Å². The molecule has 0 radical (unpaired) electrons. The Bertz CT molecular complexity index is 913. The molecule has 0 saturated carbocycles. The molecular formula is C21H17ClO3. The Morgan fingerprint density at radius 1 is 1.08 bits per heavy atom. The third-order valence-corrected chi connectivity index (χ3v) is 4.06. The highest BCUT2D eigenvalue weighted by molar-refractivity contribution is 6.32. The van der Waals surface area contributed by atoms with Gasteiger partial charge in [-0.05, 0) is 34.5 Å². The molecule has 25 heavy (non-hydrogen) atoms. The van der Waals surface area contributed by atoms with E-state index in [1.807, 2.05) is 24.3 Å². The first-order chi connectivity index (χ1) is 12.2. The molecular weight excluding hydrogens is 336 g/mol. The molecule has 4 heteroatoms. The Hall–Kier alpha value is -2.78. The monoisotopic (exact) mass is 352 g/mol. The summed E-state index contributed by atoms with van der Waals surface area (Å²) < 4.78 is 10.8. The highest BCUT2D eigenvalue weighted by atomic mass is 35.5. The van der Waals surface area contributed by atoms with E-state index in [0.29, 0.717) is 22.9 Å². The summed E-state index contributed by atoms with van der Waals surface area (Å²) >= 11 is 6.24. The van der Waals surface area contributed by atoms with Crippen molar-refractivity contribution in [2.75, 3.05) is 6.61 Å². The molecule has 0 aliphatic heterocycles. The van der Waals surface area contributed by atoms with Crippen LogP contribution in [0.3, 0.4) is 0 Å². The highest BCUT2D eigenvalue weighted by Gasteiger charge is 2.11. The van der Waals surface area contributed by atoms with Crippen molar-refractivity contribution in [3.63, 3.8) is 0 Å². The van der Waals surface area contributed by atoms with Gasteiger partial charge >= 0.3 is 5.97 Å². The zero-order valence-corrected chi connectivity index (χ0v) is 14.3. The molecule has 0 N–H and O–H groups in total. The zero-order valence-electron chi connectivity index (χ0n) is 13.6. The van der Waals surface area contributed by atoms with Crippen LogP contribution < -0.4 is 4.74 Å². The van der Waals surface area contributed by atoms with Crippen LogP contribution >= 0.6 is 11.6 Å². The predicted molar refractivity (Wildman–Crippen MR) is 100 cm³/mol.